The monoisotopic (exact) mass is 241 g/mol. The van der Waals surface area contributed by atoms with E-state index in [2.05, 4.69) is 18.6 Å². The van der Waals surface area contributed by atoms with Crippen molar-refractivity contribution in [1.82, 2.24) is 4.98 Å². The Labute approximate surface area is 63.0 Å². The zero-order chi connectivity index (χ0) is 6.24. The van der Waals surface area contributed by atoms with E-state index in [1.165, 1.54) is 0 Å². The fraction of sp³-hybridized carbons (Fsp3) is 0. The first-order valence-corrected chi connectivity index (χ1v) is 7.36. The Kier molecular flexibility index (Phi) is 7.36. The molecule has 0 fully saturated rings. The first-order chi connectivity index (χ1) is 4.00. The van der Waals surface area contributed by atoms with Crippen LogP contribution in [0.25, 0.3) is 0 Å². The molecule has 1 rings (SSSR count). The molecule has 0 unspecified atom stereocenters. The van der Waals surface area contributed by atoms with Gasteiger partial charge in [-0.3, -0.25) is 4.98 Å². The summed E-state index contributed by atoms with van der Waals surface area (Å²) >= 11 is 4.50. The van der Waals surface area contributed by atoms with Gasteiger partial charge in [0.25, 0.3) is 0 Å². The van der Waals surface area contributed by atoms with Crippen LogP contribution in [0.15, 0.2) is 30.6 Å². The molecule has 1 aromatic rings. The Morgan fingerprint density at radius 2 is 1.50 bits per heavy atom. The summed E-state index contributed by atoms with van der Waals surface area (Å²) in [5, 5.41) is 0. The van der Waals surface area contributed by atoms with Gasteiger partial charge in [-0.1, -0.05) is 6.07 Å². The average Bonchev–Trinajstić information content (AvgIpc) is 1.96. The van der Waals surface area contributed by atoms with Crippen molar-refractivity contribution in [1.29, 1.82) is 0 Å². The SMILES string of the molecule is [Se]=[SeH2].c1ccncc1. The summed E-state index contributed by atoms with van der Waals surface area (Å²) in [6.07, 6.45) is 3.50. The zero-order valence-electron chi connectivity index (χ0n) is 4.24. The number of hydrogen-bond donors (Lipinski definition) is 0. The molecule has 1 heterocycles. The van der Waals surface area contributed by atoms with Crippen LogP contribution < -0.4 is 0 Å². The van der Waals surface area contributed by atoms with Gasteiger partial charge in [0, 0.05) is 12.4 Å². The summed E-state index contributed by atoms with van der Waals surface area (Å²) in [5.74, 6) is 0. The molecule has 0 radical (unpaired) electrons. The van der Waals surface area contributed by atoms with Gasteiger partial charge in [0.15, 0.2) is 0 Å². The molecule has 1 nitrogen and oxygen atoms in total. The maximum atomic E-state index is 3.78. The van der Waals surface area contributed by atoms with E-state index >= 15 is 0 Å². The standard InChI is InChI=1S/C5H5N.H2Se2/c1-2-4-6-5-3-1;1-2/h1-5H;1H2. The number of rotatable bonds is 0. The second-order valence-electron chi connectivity index (χ2n) is 1.02. The van der Waals surface area contributed by atoms with Crippen LogP contribution in [-0.4, -0.2) is 32.3 Å². The first kappa shape index (κ1) is 8.19. The Morgan fingerprint density at radius 3 is 1.62 bits per heavy atom. The third-order valence-corrected chi connectivity index (χ3v) is 0.566. The minimum Gasteiger partial charge on any atom is -0.265 e. The normalized spacial score (nSPS) is 6.62. The third kappa shape index (κ3) is 4.35. The molecule has 1 aromatic heterocycles. The largest absolute Gasteiger partial charge is 0.265 e. The summed E-state index contributed by atoms with van der Waals surface area (Å²) in [7, 11) is 0. The predicted octanol–water partition coefficient (Wildman–Crippen LogP) is -0.215. The van der Waals surface area contributed by atoms with Crippen molar-refractivity contribution in [3.05, 3.63) is 30.6 Å². The van der Waals surface area contributed by atoms with E-state index in [0.717, 1.165) is 0 Å². The first-order valence-electron chi connectivity index (χ1n) is 2.05. The molecule has 3 heteroatoms. The van der Waals surface area contributed by atoms with Crippen LogP contribution in [-0.2, 0) is 0 Å². The molecular formula is C5H7NSe2. The van der Waals surface area contributed by atoms with Gasteiger partial charge in [0.05, 0.1) is 0 Å². The van der Waals surface area contributed by atoms with E-state index in [1.807, 2.05) is 31.9 Å². The molecule has 0 saturated carbocycles. The number of hydrogen-bond acceptors (Lipinski definition) is 1. The predicted molar refractivity (Wildman–Crippen MR) is 38.5 cm³/mol. The van der Waals surface area contributed by atoms with Gasteiger partial charge in [-0.05, 0) is 12.1 Å². The van der Waals surface area contributed by atoms with E-state index < -0.39 is 0 Å². The molecule has 0 bridgehead atoms. The van der Waals surface area contributed by atoms with Crippen LogP contribution in [0.2, 0.25) is 0 Å². The minimum atomic E-state index is 1.75. The van der Waals surface area contributed by atoms with E-state index in [0.29, 0.717) is 0 Å². The van der Waals surface area contributed by atoms with Crippen molar-refractivity contribution in [2.24, 2.45) is 0 Å². The maximum Gasteiger partial charge on any atom is 0.0267 e. The molecule has 0 saturated heterocycles. The van der Waals surface area contributed by atoms with Crippen LogP contribution in [0, 0.1) is 0 Å². The van der Waals surface area contributed by atoms with Crippen molar-refractivity contribution in [3.8, 4) is 0 Å². The van der Waals surface area contributed by atoms with E-state index in [9.17, 15) is 0 Å². The second-order valence-corrected chi connectivity index (χ2v) is 1.02. The van der Waals surface area contributed by atoms with Gasteiger partial charge >= 0.3 is 27.3 Å². The Hall–Kier alpha value is 0.189. The number of nitrogens with zero attached hydrogens (tertiary/aromatic N) is 1. The van der Waals surface area contributed by atoms with Gasteiger partial charge in [0.1, 0.15) is 0 Å². The summed E-state index contributed by atoms with van der Waals surface area (Å²) in [6.45, 7) is 0. The fourth-order valence-corrected chi connectivity index (χ4v) is 0.313. The van der Waals surface area contributed by atoms with Crippen LogP contribution in [0.1, 0.15) is 0 Å². The Morgan fingerprint density at radius 1 is 1.00 bits per heavy atom. The second kappa shape index (κ2) is 7.19. The Balaban J connectivity index is 0.000000222. The van der Waals surface area contributed by atoms with Crippen molar-refractivity contribution in [2.45, 2.75) is 0 Å². The van der Waals surface area contributed by atoms with Crippen molar-refractivity contribution in [3.63, 3.8) is 0 Å². The summed E-state index contributed by atoms with van der Waals surface area (Å²) in [5.41, 5.74) is 0. The summed E-state index contributed by atoms with van der Waals surface area (Å²) in [6, 6.07) is 5.72. The van der Waals surface area contributed by atoms with Crippen LogP contribution in [0.3, 0.4) is 0 Å². The molecule has 0 aliphatic rings. The Bertz CT molecular complexity index is 93.3. The van der Waals surface area contributed by atoms with Crippen molar-refractivity contribution in [2.75, 3.05) is 0 Å². The van der Waals surface area contributed by atoms with Crippen molar-refractivity contribution < 1.29 is 0 Å². The van der Waals surface area contributed by atoms with E-state index in [4.69, 9.17) is 0 Å². The zero-order valence-corrected chi connectivity index (χ0v) is 8.05. The molecule has 0 aliphatic carbocycles. The van der Waals surface area contributed by atoms with Gasteiger partial charge in [-0.15, -0.1) is 0 Å². The smallest absolute Gasteiger partial charge is 0.0267 e. The van der Waals surface area contributed by atoms with Crippen LogP contribution in [0.4, 0.5) is 0 Å². The molecule has 0 amide bonds. The van der Waals surface area contributed by atoms with Crippen LogP contribution >= 0.6 is 0 Å². The average molecular weight is 239 g/mol. The quantitative estimate of drug-likeness (QED) is 0.570. The number of aromatic nitrogens is 1. The molecule has 44 valence electrons. The molecule has 0 atom stereocenters. The summed E-state index contributed by atoms with van der Waals surface area (Å²) in [4.78, 5) is 3.78. The van der Waals surface area contributed by atoms with Gasteiger partial charge in [-0.25, -0.2) is 0 Å². The van der Waals surface area contributed by atoms with E-state index in [-0.39, 0.29) is 0 Å². The molecule has 0 aliphatic heterocycles. The van der Waals surface area contributed by atoms with Crippen molar-refractivity contribution >= 4 is 27.3 Å². The summed E-state index contributed by atoms with van der Waals surface area (Å²) < 4.78 is 0. The molecular weight excluding hydrogens is 232 g/mol. The van der Waals surface area contributed by atoms with E-state index in [1.54, 1.807) is 12.4 Å². The molecule has 0 spiro atoms. The molecule has 8 heavy (non-hydrogen) atoms. The topological polar surface area (TPSA) is 12.9 Å². The minimum absolute atomic E-state index is 1.75. The molecule has 0 aromatic carbocycles. The molecule has 0 N–H and O–H groups in total. The fourth-order valence-electron chi connectivity index (χ4n) is 0.313. The van der Waals surface area contributed by atoms with Gasteiger partial charge in [-0.2, -0.15) is 0 Å². The third-order valence-electron chi connectivity index (χ3n) is 0.566. The number of pyridine rings is 1. The maximum absolute atomic E-state index is 3.78. The van der Waals surface area contributed by atoms with Gasteiger partial charge < -0.3 is 0 Å². The van der Waals surface area contributed by atoms with Crippen LogP contribution in [0.5, 0.6) is 0 Å². The van der Waals surface area contributed by atoms with Gasteiger partial charge in [0.2, 0.25) is 0 Å².